The number of hydrogen-bond acceptors (Lipinski definition) is 2. The molecule has 3 heteroatoms. The summed E-state index contributed by atoms with van der Waals surface area (Å²) in [5, 5.41) is 0. The SMILES string of the molecule is CC(C)(C)OC(=O)CCF. The van der Waals surface area contributed by atoms with Crippen LogP contribution < -0.4 is 0 Å². The van der Waals surface area contributed by atoms with Crippen molar-refractivity contribution in [2.75, 3.05) is 6.67 Å². The van der Waals surface area contributed by atoms with E-state index in [0.717, 1.165) is 0 Å². The molecule has 0 aromatic carbocycles. The van der Waals surface area contributed by atoms with Gasteiger partial charge in [0.15, 0.2) is 0 Å². The molecule has 0 fully saturated rings. The molecular weight excluding hydrogens is 135 g/mol. The van der Waals surface area contributed by atoms with Gasteiger partial charge < -0.3 is 4.74 Å². The van der Waals surface area contributed by atoms with Crippen molar-refractivity contribution in [1.82, 2.24) is 0 Å². The van der Waals surface area contributed by atoms with Gasteiger partial charge in [0.1, 0.15) is 5.60 Å². The Morgan fingerprint density at radius 3 is 2.30 bits per heavy atom. The number of carbonyl (C=O) groups is 1. The molecule has 0 saturated heterocycles. The number of esters is 1. The maximum atomic E-state index is 11.5. The number of ether oxygens (including phenoxy) is 1. The Kier molecular flexibility index (Phi) is 3.33. The molecule has 0 radical (unpaired) electrons. The van der Waals surface area contributed by atoms with E-state index in [2.05, 4.69) is 0 Å². The van der Waals surface area contributed by atoms with E-state index in [1.54, 1.807) is 20.8 Å². The van der Waals surface area contributed by atoms with Crippen molar-refractivity contribution in [1.29, 1.82) is 0 Å². The first-order chi connectivity index (χ1) is 4.45. The standard InChI is InChI=1S/C7H13FO2/c1-7(2,3)10-6(9)4-5-8/h4-5H2,1-3H3. The van der Waals surface area contributed by atoms with Gasteiger partial charge in [0.05, 0.1) is 13.1 Å². The molecule has 0 saturated carbocycles. The van der Waals surface area contributed by atoms with Gasteiger partial charge >= 0.3 is 5.97 Å². The lowest BCUT2D eigenvalue weighted by Crippen LogP contribution is -2.23. The van der Waals surface area contributed by atoms with Gasteiger partial charge in [0, 0.05) is 0 Å². The molecule has 0 N–H and O–H groups in total. The van der Waals surface area contributed by atoms with Crippen molar-refractivity contribution >= 4 is 5.97 Å². The Hall–Kier alpha value is -0.600. The maximum absolute atomic E-state index is 11.5. The average molecular weight is 148 g/mol. The fourth-order valence-corrected chi connectivity index (χ4v) is 0.470. The van der Waals surface area contributed by atoms with Gasteiger partial charge in [-0.15, -0.1) is 0 Å². The Bertz CT molecular complexity index is 115. The van der Waals surface area contributed by atoms with Crippen LogP contribution in [0.5, 0.6) is 0 Å². The lowest BCUT2D eigenvalue weighted by Gasteiger charge is -2.18. The Morgan fingerprint density at radius 2 is 2.00 bits per heavy atom. The molecular formula is C7H13FO2. The van der Waals surface area contributed by atoms with Gasteiger partial charge in [-0.2, -0.15) is 0 Å². The minimum Gasteiger partial charge on any atom is -0.460 e. The monoisotopic (exact) mass is 148 g/mol. The lowest BCUT2D eigenvalue weighted by molar-refractivity contribution is -0.155. The first-order valence-corrected chi connectivity index (χ1v) is 3.23. The predicted octanol–water partition coefficient (Wildman–Crippen LogP) is 1.69. The topological polar surface area (TPSA) is 26.3 Å². The molecule has 10 heavy (non-hydrogen) atoms. The summed E-state index contributed by atoms with van der Waals surface area (Å²) in [7, 11) is 0. The predicted molar refractivity (Wildman–Crippen MR) is 36.4 cm³/mol. The molecule has 0 rings (SSSR count). The minimum atomic E-state index is -0.644. The normalized spacial score (nSPS) is 11.2. The third kappa shape index (κ3) is 5.54. The van der Waals surface area contributed by atoms with E-state index >= 15 is 0 Å². The number of carbonyl (C=O) groups excluding carboxylic acids is 1. The second kappa shape index (κ2) is 3.54. The van der Waals surface area contributed by atoms with Crippen molar-refractivity contribution in [3.8, 4) is 0 Å². The van der Waals surface area contributed by atoms with E-state index in [1.807, 2.05) is 0 Å². The van der Waals surface area contributed by atoms with Crippen LogP contribution in [0.4, 0.5) is 4.39 Å². The number of alkyl halides is 1. The summed E-state index contributed by atoms with van der Waals surface area (Å²) in [6.45, 7) is 4.62. The van der Waals surface area contributed by atoms with E-state index in [0.29, 0.717) is 0 Å². The summed E-state index contributed by atoms with van der Waals surface area (Å²) in [5.74, 6) is -0.477. The summed E-state index contributed by atoms with van der Waals surface area (Å²) in [4.78, 5) is 10.6. The zero-order valence-electron chi connectivity index (χ0n) is 6.61. The van der Waals surface area contributed by atoms with Gasteiger partial charge in [0.25, 0.3) is 0 Å². The Balaban J connectivity index is 3.58. The summed E-state index contributed by atoms with van der Waals surface area (Å²) in [5.41, 5.74) is -0.494. The summed E-state index contributed by atoms with van der Waals surface area (Å²) >= 11 is 0. The Morgan fingerprint density at radius 1 is 1.50 bits per heavy atom. The second-order valence-corrected chi connectivity index (χ2v) is 3.03. The van der Waals surface area contributed by atoms with Gasteiger partial charge in [-0.25, -0.2) is 0 Å². The highest BCUT2D eigenvalue weighted by molar-refractivity contribution is 5.69. The number of halogens is 1. The summed E-state index contributed by atoms with van der Waals surface area (Å²) in [6, 6.07) is 0. The van der Waals surface area contributed by atoms with Crippen LogP contribution in [0.25, 0.3) is 0 Å². The van der Waals surface area contributed by atoms with E-state index in [-0.39, 0.29) is 6.42 Å². The first-order valence-electron chi connectivity index (χ1n) is 3.23. The zero-order chi connectivity index (χ0) is 8.20. The fourth-order valence-electron chi connectivity index (χ4n) is 0.470. The second-order valence-electron chi connectivity index (χ2n) is 3.03. The number of hydrogen-bond donors (Lipinski definition) is 0. The van der Waals surface area contributed by atoms with E-state index < -0.39 is 18.2 Å². The molecule has 0 aromatic rings. The van der Waals surface area contributed by atoms with Crippen LogP contribution in [0.2, 0.25) is 0 Å². The smallest absolute Gasteiger partial charge is 0.308 e. The quantitative estimate of drug-likeness (QED) is 0.557. The molecule has 0 amide bonds. The van der Waals surface area contributed by atoms with Crippen molar-refractivity contribution in [3.63, 3.8) is 0 Å². The van der Waals surface area contributed by atoms with Crippen molar-refractivity contribution in [2.45, 2.75) is 32.8 Å². The zero-order valence-corrected chi connectivity index (χ0v) is 6.61. The average Bonchev–Trinajstić information content (AvgIpc) is 1.59. The van der Waals surface area contributed by atoms with Crippen LogP contribution >= 0.6 is 0 Å². The van der Waals surface area contributed by atoms with Crippen LogP contribution in [0.3, 0.4) is 0 Å². The third-order valence-corrected chi connectivity index (χ3v) is 0.719. The van der Waals surface area contributed by atoms with Crippen LogP contribution in [0, 0.1) is 0 Å². The summed E-state index contributed by atoms with van der Waals surface area (Å²) < 4.78 is 16.3. The summed E-state index contributed by atoms with van der Waals surface area (Å²) in [6.07, 6.45) is -0.142. The maximum Gasteiger partial charge on any atom is 0.308 e. The van der Waals surface area contributed by atoms with Gasteiger partial charge in [-0.05, 0) is 20.8 Å². The molecule has 0 bridgehead atoms. The molecule has 0 aliphatic rings. The van der Waals surface area contributed by atoms with E-state index in [1.165, 1.54) is 0 Å². The Labute approximate surface area is 60.4 Å². The highest BCUT2D eigenvalue weighted by Crippen LogP contribution is 2.07. The van der Waals surface area contributed by atoms with Crippen molar-refractivity contribution in [3.05, 3.63) is 0 Å². The van der Waals surface area contributed by atoms with Crippen molar-refractivity contribution < 1.29 is 13.9 Å². The molecule has 0 aliphatic carbocycles. The molecule has 60 valence electrons. The van der Waals surface area contributed by atoms with E-state index in [4.69, 9.17) is 4.74 Å². The minimum absolute atomic E-state index is 0.142. The molecule has 0 heterocycles. The molecule has 0 aromatic heterocycles. The third-order valence-electron chi connectivity index (χ3n) is 0.719. The molecule has 0 aliphatic heterocycles. The molecule has 2 nitrogen and oxygen atoms in total. The highest BCUT2D eigenvalue weighted by atomic mass is 19.1. The van der Waals surface area contributed by atoms with Gasteiger partial charge in [0.2, 0.25) is 0 Å². The molecule has 0 unspecified atom stereocenters. The van der Waals surface area contributed by atoms with Crippen LogP contribution in [0.15, 0.2) is 0 Å². The fraction of sp³-hybridized carbons (Fsp3) is 0.857. The molecule has 0 atom stereocenters. The first kappa shape index (κ1) is 9.40. The van der Waals surface area contributed by atoms with Gasteiger partial charge in [-0.1, -0.05) is 0 Å². The van der Waals surface area contributed by atoms with Crippen LogP contribution in [-0.4, -0.2) is 18.2 Å². The molecule has 0 spiro atoms. The van der Waals surface area contributed by atoms with Gasteiger partial charge in [-0.3, -0.25) is 9.18 Å². The highest BCUT2D eigenvalue weighted by Gasteiger charge is 2.15. The lowest BCUT2D eigenvalue weighted by atomic mass is 10.2. The number of rotatable bonds is 2. The van der Waals surface area contributed by atoms with Crippen LogP contribution in [0.1, 0.15) is 27.2 Å². The van der Waals surface area contributed by atoms with E-state index in [9.17, 15) is 9.18 Å². The van der Waals surface area contributed by atoms with Crippen molar-refractivity contribution in [2.24, 2.45) is 0 Å². The van der Waals surface area contributed by atoms with Crippen LogP contribution in [-0.2, 0) is 9.53 Å². The largest absolute Gasteiger partial charge is 0.460 e.